The van der Waals surface area contributed by atoms with Crippen LogP contribution in [-0.4, -0.2) is 28.2 Å². The highest BCUT2D eigenvalue weighted by Gasteiger charge is 2.20. The van der Waals surface area contributed by atoms with Crippen molar-refractivity contribution in [3.05, 3.63) is 85.0 Å². The topological polar surface area (TPSA) is 102 Å². The summed E-state index contributed by atoms with van der Waals surface area (Å²) in [6, 6.07) is 11.9. The van der Waals surface area contributed by atoms with Crippen molar-refractivity contribution in [2.45, 2.75) is 4.90 Å². The molecule has 0 aliphatic rings. The van der Waals surface area contributed by atoms with E-state index in [9.17, 15) is 17.2 Å². The molecule has 0 spiro atoms. The Bertz CT molecular complexity index is 1280. The normalized spacial score (nSPS) is 11.3. The van der Waals surface area contributed by atoms with E-state index in [0.29, 0.717) is 23.4 Å². The van der Waals surface area contributed by atoms with E-state index in [1.54, 1.807) is 41.3 Å². The second kappa shape index (κ2) is 7.87. The lowest BCUT2D eigenvalue weighted by Gasteiger charge is -2.11. The minimum Gasteiger partial charge on any atom is -0.340 e. The second-order valence-corrected chi connectivity index (χ2v) is 7.75. The van der Waals surface area contributed by atoms with Gasteiger partial charge < -0.3 is 5.32 Å². The molecular weight excluding hydrogens is 414 g/mol. The number of nitrogens with one attached hydrogen (secondary N) is 2. The molecule has 8 nitrogen and oxygen atoms in total. The predicted molar refractivity (Wildman–Crippen MR) is 106 cm³/mol. The number of nitrogens with zero attached hydrogens (tertiary/aromatic N) is 4. The number of benzene rings is 2. The summed E-state index contributed by atoms with van der Waals surface area (Å²) in [5.74, 6) is -0.820. The molecule has 0 aliphatic carbocycles. The summed E-state index contributed by atoms with van der Waals surface area (Å²) in [6.45, 7) is 0. The average molecular weight is 428 g/mol. The largest absolute Gasteiger partial charge is 0.340 e. The maximum Gasteiger partial charge on any atom is 0.264 e. The molecule has 11 heteroatoms. The first-order chi connectivity index (χ1) is 14.4. The molecule has 2 aromatic heterocycles. The predicted octanol–water partition coefficient (Wildman–Crippen LogP) is 3.48. The number of rotatable bonds is 6. The molecule has 0 unspecified atom stereocenters. The van der Waals surface area contributed by atoms with Crippen molar-refractivity contribution in [2.24, 2.45) is 0 Å². The van der Waals surface area contributed by atoms with E-state index in [0.717, 1.165) is 12.1 Å². The van der Waals surface area contributed by atoms with Gasteiger partial charge in [-0.1, -0.05) is 0 Å². The van der Waals surface area contributed by atoms with Gasteiger partial charge in [-0.3, -0.25) is 4.72 Å². The third kappa shape index (κ3) is 4.25. The van der Waals surface area contributed by atoms with E-state index in [1.165, 1.54) is 18.5 Å². The number of hydrogen-bond donors (Lipinski definition) is 2. The van der Waals surface area contributed by atoms with Crippen LogP contribution in [0, 0.1) is 11.6 Å². The lowest BCUT2D eigenvalue weighted by atomic mass is 10.3. The highest BCUT2D eigenvalue weighted by Crippen LogP contribution is 2.22. The Morgan fingerprint density at radius 1 is 0.933 bits per heavy atom. The Kier molecular flexibility index (Phi) is 5.11. The second-order valence-electron chi connectivity index (χ2n) is 6.09. The van der Waals surface area contributed by atoms with Gasteiger partial charge in [-0.15, -0.1) is 0 Å². The van der Waals surface area contributed by atoms with Gasteiger partial charge in [0.05, 0.1) is 0 Å². The Morgan fingerprint density at radius 2 is 1.70 bits per heavy atom. The minimum atomic E-state index is -4.28. The van der Waals surface area contributed by atoms with Crippen LogP contribution >= 0.6 is 0 Å². The first-order valence-corrected chi connectivity index (χ1v) is 10.1. The Hall–Kier alpha value is -3.86. The molecule has 152 valence electrons. The SMILES string of the molecule is O=S(=O)(Nc1ccc(Nc2cc(-n3cccn3)ncn2)cc1)c1cc(F)ccc1F. The number of halogens is 2. The van der Waals surface area contributed by atoms with Gasteiger partial charge in [-0.05, 0) is 48.5 Å². The summed E-state index contributed by atoms with van der Waals surface area (Å²) in [7, 11) is -4.28. The summed E-state index contributed by atoms with van der Waals surface area (Å²) in [6.07, 6.45) is 4.76. The molecule has 30 heavy (non-hydrogen) atoms. The standard InChI is InChI=1S/C19H14F2N6O2S/c20-13-2-7-16(21)17(10-13)30(28,29)26-15-5-3-14(4-6-15)25-18-11-19(23-12-22-18)27-9-1-8-24-27/h1-12,26H,(H,22,23,25). The molecule has 0 saturated carbocycles. The van der Waals surface area contributed by atoms with E-state index in [1.807, 2.05) is 0 Å². The third-order valence-electron chi connectivity index (χ3n) is 3.98. The lowest BCUT2D eigenvalue weighted by molar-refractivity contribution is 0.555. The molecule has 0 fully saturated rings. The number of aromatic nitrogens is 4. The van der Waals surface area contributed by atoms with E-state index in [-0.39, 0.29) is 5.69 Å². The number of anilines is 3. The molecular formula is C19H14F2N6O2S. The van der Waals surface area contributed by atoms with Gasteiger partial charge in [0.15, 0.2) is 5.82 Å². The molecule has 2 heterocycles. The fraction of sp³-hybridized carbons (Fsp3) is 0. The first-order valence-electron chi connectivity index (χ1n) is 8.58. The van der Waals surface area contributed by atoms with Gasteiger partial charge in [0.1, 0.15) is 28.7 Å². The summed E-state index contributed by atoms with van der Waals surface area (Å²) < 4.78 is 55.6. The van der Waals surface area contributed by atoms with Crippen LogP contribution in [0.4, 0.5) is 26.0 Å². The molecule has 0 radical (unpaired) electrons. The van der Waals surface area contributed by atoms with E-state index in [4.69, 9.17) is 0 Å². The maximum atomic E-state index is 13.8. The zero-order valence-corrected chi connectivity index (χ0v) is 16.0. The fourth-order valence-corrected chi connectivity index (χ4v) is 3.76. The van der Waals surface area contributed by atoms with Gasteiger partial charge in [-0.2, -0.15) is 5.10 Å². The average Bonchev–Trinajstić information content (AvgIpc) is 3.26. The van der Waals surface area contributed by atoms with E-state index >= 15 is 0 Å². The van der Waals surface area contributed by atoms with Crippen LogP contribution in [0.5, 0.6) is 0 Å². The maximum absolute atomic E-state index is 13.8. The molecule has 0 atom stereocenters. The van der Waals surface area contributed by atoms with Crippen LogP contribution in [-0.2, 0) is 10.0 Å². The summed E-state index contributed by atoms with van der Waals surface area (Å²) >= 11 is 0. The van der Waals surface area contributed by atoms with Gasteiger partial charge >= 0.3 is 0 Å². The Labute approximate surface area is 170 Å². The van der Waals surface area contributed by atoms with Crippen LogP contribution < -0.4 is 10.0 Å². The van der Waals surface area contributed by atoms with Gasteiger partial charge in [0, 0.05) is 29.8 Å². The van der Waals surface area contributed by atoms with Crippen molar-refractivity contribution in [3.63, 3.8) is 0 Å². The molecule has 4 rings (SSSR count). The van der Waals surface area contributed by atoms with Gasteiger partial charge in [-0.25, -0.2) is 31.8 Å². The fourth-order valence-electron chi connectivity index (χ4n) is 2.61. The van der Waals surface area contributed by atoms with Crippen LogP contribution in [0.1, 0.15) is 0 Å². The van der Waals surface area contributed by atoms with E-state index < -0.39 is 26.6 Å². The van der Waals surface area contributed by atoms with Crippen LogP contribution in [0.25, 0.3) is 5.82 Å². The van der Waals surface area contributed by atoms with Crippen molar-refractivity contribution < 1.29 is 17.2 Å². The zero-order valence-electron chi connectivity index (χ0n) is 15.2. The highest BCUT2D eigenvalue weighted by atomic mass is 32.2. The smallest absolute Gasteiger partial charge is 0.264 e. The zero-order chi connectivity index (χ0) is 21.1. The van der Waals surface area contributed by atoms with Gasteiger partial charge in [0.2, 0.25) is 0 Å². The van der Waals surface area contributed by atoms with E-state index in [2.05, 4.69) is 25.1 Å². The van der Waals surface area contributed by atoms with Crippen LogP contribution in [0.15, 0.2) is 78.2 Å². The summed E-state index contributed by atoms with van der Waals surface area (Å²) in [5.41, 5.74) is 0.809. The highest BCUT2D eigenvalue weighted by molar-refractivity contribution is 7.92. The van der Waals surface area contributed by atoms with Crippen LogP contribution in [0.3, 0.4) is 0 Å². The monoisotopic (exact) mass is 428 g/mol. The molecule has 2 aromatic carbocycles. The quantitative estimate of drug-likeness (QED) is 0.488. The van der Waals surface area contributed by atoms with Crippen molar-refractivity contribution in [3.8, 4) is 5.82 Å². The number of sulfonamides is 1. The van der Waals surface area contributed by atoms with Crippen molar-refractivity contribution >= 4 is 27.2 Å². The van der Waals surface area contributed by atoms with Crippen molar-refractivity contribution in [1.82, 2.24) is 19.7 Å². The van der Waals surface area contributed by atoms with Crippen LogP contribution in [0.2, 0.25) is 0 Å². The molecule has 0 amide bonds. The molecule has 0 aliphatic heterocycles. The molecule has 0 bridgehead atoms. The summed E-state index contributed by atoms with van der Waals surface area (Å²) in [5, 5.41) is 7.17. The minimum absolute atomic E-state index is 0.184. The molecule has 0 saturated heterocycles. The molecule has 2 N–H and O–H groups in total. The molecule has 4 aromatic rings. The lowest BCUT2D eigenvalue weighted by Crippen LogP contribution is -2.14. The number of hydrogen-bond acceptors (Lipinski definition) is 6. The van der Waals surface area contributed by atoms with Crippen molar-refractivity contribution in [1.29, 1.82) is 0 Å². The van der Waals surface area contributed by atoms with Crippen molar-refractivity contribution in [2.75, 3.05) is 10.0 Å². The van der Waals surface area contributed by atoms with Gasteiger partial charge in [0.25, 0.3) is 10.0 Å². The Morgan fingerprint density at radius 3 is 2.43 bits per heavy atom. The third-order valence-corrected chi connectivity index (χ3v) is 5.38. The first kappa shape index (κ1) is 19.5. The Balaban J connectivity index is 1.50. The summed E-state index contributed by atoms with van der Waals surface area (Å²) in [4.78, 5) is 7.50.